The first kappa shape index (κ1) is 13.5. The molecular weight excluding hydrogens is 294 g/mol. The van der Waals surface area contributed by atoms with Gasteiger partial charge in [0.15, 0.2) is 11.0 Å². The Morgan fingerprint density at radius 3 is 2.79 bits per heavy atom. The van der Waals surface area contributed by atoms with E-state index in [1.54, 1.807) is 0 Å². The molecular formula is C11H7Cl2FN4O. The number of nitrogen functional groups attached to an aromatic ring is 1. The molecule has 98 valence electrons. The first-order valence-corrected chi connectivity index (χ1v) is 5.77. The minimum absolute atomic E-state index is 0.000758. The average Bonchev–Trinajstić information content (AvgIpc) is 2.38. The van der Waals surface area contributed by atoms with E-state index in [9.17, 15) is 9.18 Å². The Bertz CT molecular complexity index is 651. The van der Waals surface area contributed by atoms with E-state index in [0.717, 1.165) is 12.4 Å². The number of anilines is 2. The second-order valence-electron chi connectivity index (χ2n) is 3.48. The fourth-order valence-corrected chi connectivity index (χ4v) is 1.62. The molecule has 1 aromatic carbocycles. The smallest absolute Gasteiger partial charge is 0.259 e. The maximum atomic E-state index is 13.2. The molecule has 0 saturated heterocycles. The minimum Gasteiger partial charge on any atom is -0.396 e. The van der Waals surface area contributed by atoms with Crippen molar-refractivity contribution in [2.75, 3.05) is 11.1 Å². The average molecular weight is 301 g/mol. The van der Waals surface area contributed by atoms with Crippen molar-refractivity contribution in [3.8, 4) is 0 Å². The van der Waals surface area contributed by atoms with Crippen LogP contribution in [0.5, 0.6) is 0 Å². The zero-order valence-electron chi connectivity index (χ0n) is 9.32. The summed E-state index contributed by atoms with van der Waals surface area (Å²) in [5, 5.41) is 2.37. The molecule has 0 unspecified atom stereocenters. The number of carbonyl (C=O) groups excluding carboxylic acids is 1. The van der Waals surface area contributed by atoms with Gasteiger partial charge in [0.2, 0.25) is 0 Å². The Hall–Kier alpha value is -1.92. The van der Waals surface area contributed by atoms with Gasteiger partial charge in [-0.25, -0.2) is 14.4 Å². The normalized spacial score (nSPS) is 10.3. The zero-order chi connectivity index (χ0) is 14.0. The molecule has 0 atom stereocenters. The standard InChI is InChI=1S/C11H7Cl2FN4O/c12-7-9(13)16-4-17-10(7)18-11(19)5-2-1-3-6(14)8(5)15/h1-4H,15H2,(H,16,17,18,19). The molecule has 1 heterocycles. The quantitative estimate of drug-likeness (QED) is 0.660. The van der Waals surface area contributed by atoms with Crippen molar-refractivity contribution in [3.63, 3.8) is 0 Å². The summed E-state index contributed by atoms with van der Waals surface area (Å²) in [6.07, 6.45) is 1.14. The van der Waals surface area contributed by atoms with Gasteiger partial charge in [-0.05, 0) is 12.1 Å². The van der Waals surface area contributed by atoms with Crippen LogP contribution in [0, 0.1) is 5.82 Å². The monoisotopic (exact) mass is 300 g/mol. The van der Waals surface area contributed by atoms with Crippen LogP contribution in [0.15, 0.2) is 24.5 Å². The van der Waals surface area contributed by atoms with Gasteiger partial charge in [-0.15, -0.1) is 0 Å². The van der Waals surface area contributed by atoms with Crippen molar-refractivity contribution >= 4 is 40.6 Å². The van der Waals surface area contributed by atoms with Crippen molar-refractivity contribution in [3.05, 3.63) is 46.1 Å². The summed E-state index contributed by atoms with van der Waals surface area (Å²) in [6, 6.07) is 3.90. The molecule has 8 heteroatoms. The third kappa shape index (κ3) is 2.74. The van der Waals surface area contributed by atoms with E-state index in [0.29, 0.717) is 0 Å². The highest BCUT2D eigenvalue weighted by Gasteiger charge is 2.15. The molecule has 0 aliphatic heterocycles. The number of hydrogen-bond acceptors (Lipinski definition) is 4. The molecule has 0 spiro atoms. The Morgan fingerprint density at radius 1 is 1.32 bits per heavy atom. The topological polar surface area (TPSA) is 80.9 Å². The highest BCUT2D eigenvalue weighted by atomic mass is 35.5. The van der Waals surface area contributed by atoms with Crippen molar-refractivity contribution < 1.29 is 9.18 Å². The Labute approximate surface area is 117 Å². The van der Waals surface area contributed by atoms with E-state index >= 15 is 0 Å². The largest absolute Gasteiger partial charge is 0.396 e. The Balaban J connectivity index is 2.31. The van der Waals surface area contributed by atoms with Crippen LogP contribution >= 0.6 is 23.2 Å². The van der Waals surface area contributed by atoms with Crippen LogP contribution < -0.4 is 11.1 Å². The molecule has 0 aliphatic rings. The highest BCUT2D eigenvalue weighted by molar-refractivity contribution is 6.43. The van der Waals surface area contributed by atoms with Crippen LogP contribution in [-0.2, 0) is 0 Å². The number of nitrogens with zero attached hydrogens (tertiary/aromatic N) is 2. The van der Waals surface area contributed by atoms with Gasteiger partial charge in [-0.3, -0.25) is 4.79 Å². The van der Waals surface area contributed by atoms with Gasteiger partial charge >= 0.3 is 0 Å². The molecule has 0 radical (unpaired) electrons. The first-order chi connectivity index (χ1) is 9.00. The van der Waals surface area contributed by atoms with Crippen molar-refractivity contribution in [1.82, 2.24) is 9.97 Å². The lowest BCUT2D eigenvalue weighted by molar-refractivity contribution is 0.102. The molecule has 5 nitrogen and oxygen atoms in total. The number of amides is 1. The third-order valence-electron chi connectivity index (χ3n) is 2.28. The van der Waals surface area contributed by atoms with Crippen LogP contribution in [0.4, 0.5) is 15.9 Å². The summed E-state index contributed by atoms with van der Waals surface area (Å²) in [7, 11) is 0. The summed E-state index contributed by atoms with van der Waals surface area (Å²) in [4.78, 5) is 19.3. The highest BCUT2D eigenvalue weighted by Crippen LogP contribution is 2.26. The molecule has 0 aliphatic carbocycles. The maximum Gasteiger partial charge on any atom is 0.259 e. The van der Waals surface area contributed by atoms with Crippen LogP contribution in [0.2, 0.25) is 10.2 Å². The summed E-state index contributed by atoms with van der Waals surface area (Å²) in [6.45, 7) is 0. The van der Waals surface area contributed by atoms with Gasteiger partial charge in [-0.1, -0.05) is 29.3 Å². The maximum absolute atomic E-state index is 13.2. The predicted octanol–water partition coefficient (Wildman–Crippen LogP) is 2.76. The first-order valence-electron chi connectivity index (χ1n) is 5.02. The number of hydrogen-bond donors (Lipinski definition) is 2. The second-order valence-corrected chi connectivity index (χ2v) is 4.22. The van der Waals surface area contributed by atoms with Crippen LogP contribution in [0.3, 0.4) is 0 Å². The van der Waals surface area contributed by atoms with Gasteiger partial charge in [-0.2, -0.15) is 0 Å². The van der Waals surface area contributed by atoms with E-state index in [-0.39, 0.29) is 27.2 Å². The van der Waals surface area contributed by atoms with Gasteiger partial charge in [0.05, 0.1) is 11.3 Å². The number of aromatic nitrogens is 2. The lowest BCUT2D eigenvalue weighted by atomic mass is 10.1. The van der Waals surface area contributed by atoms with Gasteiger partial charge < -0.3 is 11.1 Å². The van der Waals surface area contributed by atoms with Crippen molar-refractivity contribution in [2.45, 2.75) is 0 Å². The minimum atomic E-state index is -0.681. The molecule has 0 fully saturated rings. The fourth-order valence-electron chi connectivity index (χ4n) is 1.35. The summed E-state index contributed by atoms with van der Waals surface area (Å²) < 4.78 is 13.2. The lowest BCUT2D eigenvalue weighted by Crippen LogP contribution is -2.16. The molecule has 3 N–H and O–H groups in total. The molecule has 2 rings (SSSR count). The fraction of sp³-hybridized carbons (Fsp3) is 0. The van der Waals surface area contributed by atoms with E-state index in [4.69, 9.17) is 28.9 Å². The Morgan fingerprint density at radius 2 is 2.05 bits per heavy atom. The number of benzene rings is 1. The molecule has 1 amide bonds. The zero-order valence-corrected chi connectivity index (χ0v) is 10.8. The van der Waals surface area contributed by atoms with Gasteiger partial charge in [0, 0.05) is 0 Å². The Kier molecular flexibility index (Phi) is 3.82. The molecule has 2 aromatic rings. The summed E-state index contributed by atoms with van der Waals surface area (Å²) in [5.74, 6) is -1.30. The third-order valence-corrected chi connectivity index (χ3v) is 3.02. The van der Waals surface area contributed by atoms with Crippen LogP contribution in [0.25, 0.3) is 0 Å². The number of para-hydroxylation sites is 1. The van der Waals surface area contributed by atoms with Crippen LogP contribution in [-0.4, -0.2) is 15.9 Å². The van der Waals surface area contributed by atoms with Gasteiger partial charge in [0.25, 0.3) is 5.91 Å². The number of carbonyl (C=O) groups is 1. The number of nitrogens with one attached hydrogen (secondary N) is 1. The molecule has 1 aromatic heterocycles. The molecule has 19 heavy (non-hydrogen) atoms. The number of nitrogens with two attached hydrogens (primary N) is 1. The van der Waals surface area contributed by atoms with E-state index in [1.807, 2.05) is 0 Å². The molecule has 0 bridgehead atoms. The van der Waals surface area contributed by atoms with E-state index < -0.39 is 11.7 Å². The summed E-state index contributed by atoms with van der Waals surface area (Å²) >= 11 is 11.5. The lowest BCUT2D eigenvalue weighted by Gasteiger charge is -2.08. The SMILES string of the molecule is Nc1c(F)cccc1C(=O)Nc1ncnc(Cl)c1Cl. The van der Waals surface area contributed by atoms with Crippen LogP contribution in [0.1, 0.15) is 10.4 Å². The second kappa shape index (κ2) is 5.38. The number of halogens is 3. The van der Waals surface area contributed by atoms with E-state index in [2.05, 4.69) is 15.3 Å². The van der Waals surface area contributed by atoms with Gasteiger partial charge in [0.1, 0.15) is 17.2 Å². The predicted molar refractivity (Wildman–Crippen MR) is 70.8 cm³/mol. The summed E-state index contributed by atoms with van der Waals surface area (Å²) in [5.41, 5.74) is 5.20. The molecule has 0 saturated carbocycles. The van der Waals surface area contributed by atoms with Crippen molar-refractivity contribution in [1.29, 1.82) is 0 Å². The number of rotatable bonds is 2. The van der Waals surface area contributed by atoms with Crippen molar-refractivity contribution in [2.24, 2.45) is 0 Å². The van der Waals surface area contributed by atoms with E-state index in [1.165, 1.54) is 12.1 Å².